The molecule has 1 N–H and O–H groups in total. The SMILES string of the molecule is Cc1ccc(Cl)cc1NC(=O)c1cnc2sc(C)c(C)n2c1=O. The van der Waals surface area contributed by atoms with Crippen LogP contribution >= 0.6 is 22.9 Å². The molecule has 23 heavy (non-hydrogen) atoms. The van der Waals surface area contributed by atoms with Gasteiger partial charge in [-0.2, -0.15) is 0 Å². The first-order valence-electron chi connectivity index (χ1n) is 6.93. The number of carbonyl (C=O) groups excluding carboxylic acids is 1. The Hall–Kier alpha value is -2.18. The van der Waals surface area contributed by atoms with Crippen LogP contribution < -0.4 is 10.9 Å². The van der Waals surface area contributed by atoms with Gasteiger partial charge in [0.1, 0.15) is 5.56 Å². The van der Waals surface area contributed by atoms with Gasteiger partial charge in [-0.1, -0.05) is 17.7 Å². The van der Waals surface area contributed by atoms with E-state index in [1.54, 1.807) is 18.2 Å². The number of hydrogen-bond acceptors (Lipinski definition) is 4. The molecule has 3 aromatic rings. The van der Waals surface area contributed by atoms with Crippen LogP contribution in [0.1, 0.15) is 26.5 Å². The summed E-state index contributed by atoms with van der Waals surface area (Å²) in [5.41, 5.74) is 1.87. The lowest BCUT2D eigenvalue weighted by atomic mass is 10.2. The van der Waals surface area contributed by atoms with E-state index in [2.05, 4.69) is 10.3 Å². The third-order valence-corrected chi connectivity index (χ3v) is 5.02. The minimum absolute atomic E-state index is 0.00257. The number of nitrogens with one attached hydrogen (secondary N) is 1. The van der Waals surface area contributed by atoms with Gasteiger partial charge in [-0.3, -0.25) is 14.0 Å². The largest absolute Gasteiger partial charge is 0.321 e. The summed E-state index contributed by atoms with van der Waals surface area (Å²) in [6.07, 6.45) is 1.32. The quantitative estimate of drug-likeness (QED) is 0.770. The van der Waals surface area contributed by atoms with E-state index in [1.165, 1.54) is 21.9 Å². The fourth-order valence-corrected chi connectivity index (χ4v) is 3.35. The van der Waals surface area contributed by atoms with Crippen LogP contribution in [-0.4, -0.2) is 15.3 Å². The number of thiazole rings is 1. The average Bonchev–Trinajstić information content (AvgIpc) is 2.79. The summed E-state index contributed by atoms with van der Waals surface area (Å²) in [6.45, 7) is 5.61. The normalized spacial score (nSPS) is 11.0. The Morgan fingerprint density at radius 2 is 2.04 bits per heavy atom. The molecule has 1 aromatic carbocycles. The van der Waals surface area contributed by atoms with Crippen molar-refractivity contribution in [1.29, 1.82) is 0 Å². The number of aryl methyl sites for hydroxylation is 3. The molecule has 0 aliphatic carbocycles. The van der Waals surface area contributed by atoms with E-state index in [0.29, 0.717) is 15.7 Å². The lowest BCUT2D eigenvalue weighted by molar-refractivity contribution is 0.102. The highest BCUT2D eigenvalue weighted by Gasteiger charge is 2.17. The van der Waals surface area contributed by atoms with Gasteiger partial charge in [0, 0.05) is 27.5 Å². The first-order chi connectivity index (χ1) is 10.9. The van der Waals surface area contributed by atoms with Crippen LogP contribution in [0.4, 0.5) is 5.69 Å². The van der Waals surface area contributed by atoms with Gasteiger partial charge >= 0.3 is 0 Å². The number of benzene rings is 1. The van der Waals surface area contributed by atoms with Crippen LogP contribution in [0.3, 0.4) is 0 Å². The van der Waals surface area contributed by atoms with E-state index in [1.807, 2.05) is 20.8 Å². The van der Waals surface area contributed by atoms with E-state index in [0.717, 1.165) is 16.1 Å². The summed E-state index contributed by atoms with van der Waals surface area (Å²) >= 11 is 7.38. The van der Waals surface area contributed by atoms with Crippen molar-refractivity contribution in [1.82, 2.24) is 9.38 Å². The fraction of sp³-hybridized carbons (Fsp3) is 0.188. The summed E-state index contributed by atoms with van der Waals surface area (Å²) in [4.78, 5) is 30.8. The molecule has 118 valence electrons. The lowest BCUT2D eigenvalue weighted by Crippen LogP contribution is -2.27. The van der Waals surface area contributed by atoms with Crippen LogP contribution in [0.25, 0.3) is 4.96 Å². The minimum Gasteiger partial charge on any atom is -0.321 e. The van der Waals surface area contributed by atoms with Crippen molar-refractivity contribution < 1.29 is 4.79 Å². The minimum atomic E-state index is -0.495. The van der Waals surface area contributed by atoms with Crippen LogP contribution in [0, 0.1) is 20.8 Å². The zero-order valence-electron chi connectivity index (χ0n) is 12.8. The third kappa shape index (κ3) is 2.75. The van der Waals surface area contributed by atoms with Crippen LogP contribution in [0.15, 0.2) is 29.2 Å². The molecule has 1 amide bonds. The molecule has 0 bridgehead atoms. The van der Waals surface area contributed by atoms with Gasteiger partial charge in [-0.25, -0.2) is 4.98 Å². The monoisotopic (exact) mass is 347 g/mol. The Kier molecular flexibility index (Phi) is 3.95. The highest BCUT2D eigenvalue weighted by Crippen LogP contribution is 2.21. The smallest absolute Gasteiger partial charge is 0.271 e. The molecule has 0 atom stereocenters. The van der Waals surface area contributed by atoms with Gasteiger partial charge in [-0.15, -0.1) is 11.3 Å². The van der Waals surface area contributed by atoms with E-state index < -0.39 is 5.91 Å². The van der Waals surface area contributed by atoms with E-state index in [9.17, 15) is 9.59 Å². The molecule has 0 radical (unpaired) electrons. The lowest BCUT2D eigenvalue weighted by Gasteiger charge is -2.08. The summed E-state index contributed by atoms with van der Waals surface area (Å²) in [5.74, 6) is -0.495. The summed E-state index contributed by atoms with van der Waals surface area (Å²) in [7, 11) is 0. The number of nitrogens with zero attached hydrogens (tertiary/aromatic N) is 2. The van der Waals surface area contributed by atoms with Crippen LogP contribution in [0.2, 0.25) is 5.02 Å². The molecule has 3 rings (SSSR count). The second-order valence-electron chi connectivity index (χ2n) is 5.25. The number of hydrogen-bond donors (Lipinski definition) is 1. The van der Waals surface area contributed by atoms with Gasteiger partial charge < -0.3 is 5.32 Å². The maximum absolute atomic E-state index is 12.6. The average molecular weight is 348 g/mol. The summed E-state index contributed by atoms with van der Waals surface area (Å²) in [6, 6.07) is 5.20. The number of aromatic nitrogens is 2. The van der Waals surface area contributed by atoms with E-state index >= 15 is 0 Å². The van der Waals surface area contributed by atoms with Crippen LogP contribution in [0.5, 0.6) is 0 Å². The molecule has 0 aliphatic heterocycles. The standard InChI is InChI=1S/C16H14ClN3O2S/c1-8-4-5-11(17)6-13(8)19-14(21)12-7-18-16-20(15(12)22)9(2)10(3)23-16/h4-7H,1-3H3,(H,19,21). The first kappa shape index (κ1) is 15.7. The maximum Gasteiger partial charge on any atom is 0.271 e. The Morgan fingerprint density at radius 3 is 2.78 bits per heavy atom. The van der Waals surface area contributed by atoms with Gasteiger partial charge in [0.2, 0.25) is 0 Å². The number of amides is 1. The summed E-state index contributed by atoms with van der Waals surface area (Å²) in [5, 5.41) is 3.24. The number of carbonyl (C=O) groups is 1. The predicted octanol–water partition coefficient (Wildman–Crippen LogP) is 3.59. The van der Waals surface area contributed by atoms with Crippen molar-refractivity contribution in [2.75, 3.05) is 5.32 Å². The van der Waals surface area contributed by atoms with E-state index in [-0.39, 0.29) is 11.1 Å². The number of rotatable bonds is 2. The van der Waals surface area contributed by atoms with Gasteiger partial charge in [0.25, 0.3) is 11.5 Å². The highest BCUT2D eigenvalue weighted by molar-refractivity contribution is 7.17. The Morgan fingerprint density at radius 1 is 1.30 bits per heavy atom. The Balaban J connectivity index is 2.05. The highest BCUT2D eigenvalue weighted by atomic mass is 35.5. The molecule has 2 aromatic heterocycles. The topological polar surface area (TPSA) is 63.5 Å². The second-order valence-corrected chi connectivity index (χ2v) is 6.87. The van der Waals surface area contributed by atoms with Gasteiger partial charge in [-0.05, 0) is 38.5 Å². The number of fused-ring (bicyclic) bond motifs is 1. The van der Waals surface area contributed by atoms with Gasteiger partial charge in [0.15, 0.2) is 4.96 Å². The Bertz CT molecular complexity index is 991. The molecular formula is C16H14ClN3O2S. The van der Waals surface area contributed by atoms with Crippen molar-refractivity contribution in [3.63, 3.8) is 0 Å². The zero-order valence-corrected chi connectivity index (χ0v) is 14.4. The molecule has 0 spiro atoms. The van der Waals surface area contributed by atoms with E-state index in [4.69, 9.17) is 11.6 Å². The third-order valence-electron chi connectivity index (χ3n) is 3.71. The zero-order chi connectivity index (χ0) is 16.7. The summed E-state index contributed by atoms with van der Waals surface area (Å²) < 4.78 is 1.47. The molecule has 5 nitrogen and oxygen atoms in total. The van der Waals surface area contributed by atoms with Gasteiger partial charge in [0.05, 0.1) is 0 Å². The van der Waals surface area contributed by atoms with Crippen molar-refractivity contribution in [3.8, 4) is 0 Å². The molecule has 7 heteroatoms. The van der Waals surface area contributed by atoms with Crippen LogP contribution in [-0.2, 0) is 0 Å². The first-order valence-corrected chi connectivity index (χ1v) is 8.13. The number of halogens is 1. The van der Waals surface area contributed by atoms with Crippen molar-refractivity contribution >= 4 is 39.5 Å². The Labute approximate surface area is 141 Å². The molecular weight excluding hydrogens is 334 g/mol. The number of anilines is 1. The van der Waals surface area contributed by atoms with Crippen molar-refractivity contribution in [3.05, 3.63) is 61.5 Å². The predicted molar refractivity (Wildman–Crippen MR) is 93.0 cm³/mol. The van der Waals surface area contributed by atoms with Crippen molar-refractivity contribution in [2.24, 2.45) is 0 Å². The molecule has 0 saturated heterocycles. The van der Waals surface area contributed by atoms with Crippen molar-refractivity contribution in [2.45, 2.75) is 20.8 Å². The molecule has 0 aliphatic rings. The fourth-order valence-electron chi connectivity index (χ4n) is 2.25. The molecule has 0 unspecified atom stereocenters. The molecule has 0 saturated carbocycles. The molecule has 2 heterocycles. The maximum atomic E-state index is 12.6. The second kappa shape index (κ2) is 5.79. The molecule has 0 fully saturated rings.